The summed E-state index contributed by atoms with van der Waals surface area (Å²) in [5, 5.41) is 6.72. The molecule has 0 atom stereocenters. The standard InChI is InChI=1S/C22H26N4O/c1-17-8-6-9-18(14-17)16-24-21-15-20(19-10-4-3-5-11-19)25-22(26-21)23-12-7-13-27-2/h3-6,8-11,14-15H,7,12-13,16H2,1-2H3,(H2,23,24,25,26). The van der Waals surface area contributed by atoms with Gasteiger partial charge in [0.25, 0.3) is 0 Å². The van der Waals surface area contributed by atoms with Gasteiger partial charge < -0.3 is 15.4 Å². The molecule has 0 saturated carbocycles. The van der Waals surface area contributed by atoms with E-state index in [0.717, 1.165) is 36.6 Å². The molecular formula is C22H26N4O. The zero-order valence-electron chi connectivity index (χ0n) is 15.9. The Morgan fingerprint density at radius 3 is 2.56 bits per heavy atom. The summed E-state index contributed by atoms with van der Waals surface area (Å²) in [7, 11) is 1.71. The zero-order chi connectivity index (χ0) is 18.9. The van der Waals surface area contributed by atoms with Gasteiger partial charge in [0, 0.05) is 38.4 Å². The Hall–Kier alpha value is -2.92. The molecule has 27 heavy (non-hydrogen) atoms. The van der Waals surface area contributed by atoms with Crippen molar-refractivity contribution in [1.82, 2.24) is 9.97 Å². The van der Waals surface area contributed by atoms with E-state index in [4.69, 9.17) is 4.74 Å². The molecule has 5 heteroatoms. The first-order valence-corrected chi connectivity index (χ1v) is 9.21. The van der Waals surface area contributed by atoms with Crippen molar-refractivity contribution in [2.24, 2.45) is 0 Å². The Morgan fingerprint density at radius 1 is 0.926 bits per heavy atom. The van der Waals surface area contributed by atoms with Crippen molar-refractivity contribution in [2.75, 3.05) is 30.9 Å². The van der Waals surface area contributed by atoms with E-state index in [-0.39, 0.29) is 0 Å². The number of ether oxygens (including phenoxy) is 1. The number of rotatable bonds is 9. The summed E-state index contributed by atoms with van der Waals surface area (Å²) in [4.78, 5) is 9.29. The third-order valence-electron chi connectivity index (χ3n) is 4.16. The lowest BCUT2D eigenvalue weighted by molar-refractivity contribution is 0.197. The Bertz CT molecular complexity index is 852. The summed E-state index contributed by atoms with van der Waals surface area (Å²) >= 11 is 0. The number of hydrogen-bond donors (Lipinski definition) is 2. The molecule has 0 aliphatic heterocycles. The van der Waals surface area contributed by atoms with Crippen LogP contribution in [0.1, 0.15) is 17.5 Å². The highest BCUT2D eigenvalue weighted by Gasteiger charge is 2.07. The predicted molar refractivity (Wildman–Crippen MR) is 111 cm³/mol. The van der Waals surface area contributed by atoms with Gasteiger partial charge in [-0.2, -0.15) is 4.98 Å². The second-order valence-corrected chi connectivity index (χ2v) is 6.44. The molecule has 0 unspecified atom stereocenters. The monoisotopic (exact) mass is 362 g/mol. The summed E-state index contributed by atoms with van der Waals surface area (Å²) < 4.78 is 5.10. The van der Waals surface area contributed by atoms with Gasteiger partial charge in [-0.3, -0.25) is 0 Å². The maximum Gasteiger partial charge on any atom is 0.225 e. The molecule has 0 bridgehead atoms. The molecule has 1 heterocycles. The Labute approximate surface area is 160 Å². The first kappa shape index (κ1) is 18.9. The Balaban J connectivity index is 1.78. The van der Waals surface area contributed by atoms with Crippen molar-refractivity contribution < 1.29 is 4.74 Å². The van der Waals surface area contributed by atoms with Crippen LogP contribution in [0.5, 0.6) is 0 Å². The van der Waals surface area contributed by atoms with Crippen LogP contribution in [0.15, 0.2) is 60.7 Å². The fraction of sp³-hybridized carbons (Fsp3) is 0.273. The van der Waals surface area contributed by atoms with Gasteiger partial charge in [-0.25, -0.2) is 4.98 Å². The molecule has 0 aliphatic rings. The normalized spacial score (nSPS) is 10.6. The summed E-state index contributed by atoms with van der Waals surface area (Å²) in [6.45, 7) is 4.30. The van der Waals surface area contributed by atoms with E-state index in [2.05, 4.69) is 63.9 Å². The average molecular weight is 362 g/mol. The van der Waals surface area contributed by atoms with Crippen LogP contribution < -0.4 is 10.6 Å². The molecule has 2 N–H and O–H groups in total. The van der Waals surface area contributed by atoms with Crippen LogP contribution in [0.25, 0.3) is 11.3 Å². The van der Waals surface area contributed by atoms with Gasteiger partial charge in [-0.15, -0.1) is 0 Å². The van der Waals surface area contributed by atoms with Crippen LogP contribution in [0.4, 0.5) is 11.8 Å². The SMILES string of the molecule is COCCCNc1nc(NCc2cccc(C)c2)cc(-c2ccccc2)n1. The molecule has 5 nitrogen and oxygen atoms in total. The highest BCUT2D eigenvalue weighted by molar-refractivity contribution is 5.64. The topological polar surface area (TPSA) is 59.1 Å². The van der Waals surface area contributed by atoms with Crippen LogP contribution in [0, 0.1) is 6.92 Å². The van der Waals surface area contributed by atoms with Crippen LogP contribution >= 0.6 is 0 Å². The van der Waals surface area contributed by atoms with Crippen LogP contribution in [-0.2, 0) is 11.3 Å². The lowest BCUT2D eigenvalue weighted by Crippen LogP contribution is -2.10. The molecule has 0 radical (unpaired) electrons. The summed E-state index contributed by atoms with van der Waals surface area (Å²) in [6.07, 6.45) is 0.904. The van der Waals surface area contributed by atoms with Gasteiger partial charge in [-0.05, 0) is 18.9 Å². The van der Waals surface area contributed by atoms with Crippen molar-refractivity contribution >= 4 is 11.8 Å². The molecule has 3 rings (SSSR count). The molecule has 0 amide bonds. The maximum absolute atomic E-state index is 5.10. The number of anilines is 2. The van der Waals surface area contributed by atoms with Gasteiger partial charge in [0.1, 0.15) is 5.82 Å². The molecule has 1 aromatic heterocycles. The van der Waals surface area contributed by atoms with E-state index < -0.39 is 0 Å². The molecule has 0 aliphatic carbocycles. The lowest BCUT2D eigenvalue weighted by Gasteiger charge is -2.12. The zero-order valence-corrected chi connectivity index (χ0v) is 15.9. The first-order valence-electron chi connectivity index (χ1n) is 9.21. The maximum atomic E-state index is 5.10. The highest BCUT2D eigenvalue weighted by atomic mass is 16.5. The third-order valence-corrected chi connectivity index (χ3v) is 4.16. The predicted octanol–water partition coefficient (Wildman–Crippen LogP) is 4.51. The minimum absolute atomic E-state index is 0.624. The summed E-state index contributed by atoms with van der Waals surface area (Å²) in [5.74, 6) is 1.43. The van der Waals surface area contributed by atoms with Gasteiger partial charge in [-0.1, -0.05) is 60.2 Å². The van der Waals surface area contributed by atoms with E-state index in [1.807, 2.05) is 24.3 Å². The number of aryl methyl sites for hydroxylation is 1. The average Bonchev–Trinajstić information content (AvgIpc) is 2.70. The number of methoxy groups -OCH3 is 1. The van der Waals surface area contributed by atoms with Gasteiger partial charge >= 0.3 is 0 Å². The number of benzene rings is 2. The number of aromatic nitrogens is 2. The van der Waals surface area contributed by atoms with Gasteiger partial charge in [0.05, 0.1) is 5.69 Å². The van der Waals surface area contributed by atoms with Crippen molar-refractivity contribution in [2.45, 2.75) is 19.9 Å². The summed E-state index contributed by atoms with van der Waals surface area (Å²) in [5.41, 5.74) is 4.44. The minimum atomic E-state index is 0.624. The fourth-order valence-corrected chi connectivity index (χ4v) is 2.81. The molecule has 140 valence electrons. The minimum Gasteiger partial charge on any atom is -0.385 e. The molecule has 0 saturated heterocycles. The van der Waals surface area contributed by atoms with Crippen LogP contribution in [0.3, 0.4) is 0 Å². The van der Waals surface area contributed by atoms with Crippen molar-refractivity contribution in [3.05, 3.63) is 71.8 Å². The third kappa shape index (κ3) is 5.79. The number of nitrogens with one attached hydrogen (secondary N) is 2. The van der Waals surface area contributed by atoms with Gasteiger partial charge in [0.2, 0.25) is 5.95 Å². The highest BCUT2D eigenvalue weighted by Crippen LogP contribution is 2.21. The van der Waals surface area contributed by atoms with E-state index >= 15 is 0 Å². The molecule has 3 aromatic rings. The Kier molecular flexibility index (Phi) is 6.77. The molecule has 0 spiro atoms. The number of hydrogen-bond acceptors (Lipinski definition) is 5. The summed E-state index contributed by atoms with van der Waals surface area (Å²) in [6, 6.07) is 20.6. The first-order chi connectivity index (χ1) is 13.2. The largest absolute Gasteiger partial charge is 0.385 e. The van der Waals surface area contributed by atoms with E-state index in [0.29, 0.717) is 12.6 Å². The fourth-order valence-electron chi connectivity index (χ4n) is 2.81. The molecule has 0 fully saturated rings. The van der Waals surface area contributed by atoms with Crippen molar-refractivity contribution in [3.63, 3.8) is 0 Å². The Morgan fingerprint density at radius 2 is 1.78 bits per heavy atom. The second-order valence-electron chi connectivity index (χ2n) is 6.44. The van der Waals surface area contributed by atoms with Crippen molar-refractivity contribution in [3.8, 4) is 11.3 Å². The van der Waals surface area contributed by atoms with E-state index in [1.165, 1.54) is 11.1 Å². The van der Waals surface area contributed by atoms with E-state index in [1.54, 1.807) is 7.11 Å². The lowest BCUT2D eigenvalue weighted by atomic mass is 10.1. The molecule has 2 aromatic carbocycles. The van der Waals surface area contributed by atoms with Crippen LogP contribution in [-0.4, -0.2) is 30.2 Å². The quantitative estimate of drug-likeness (QED) is 0.548. The van der Waals surface area contributed by atoms with Gasteiger partial charge in [0.15, 0.2) is 0 Å². The second kappa shape index (κ2) is 9.69. The van der Waals surface area contributed by atoms with Crippen molar-refractivity contribution in [1.29, 1.82) is 0 Å². The number of nitrogens with zero attached hydrogens (tertiary/aromatic N) is 2. The smallest absolute Gasteiger partial charge is 0.225 e. The van der Waals surface area contributed by atoms with Crippen LogP contribution in [0.2, 0.25) is 0 Å². The molecular weight excluding hydrogens is 336 g/mol. The van der Waals surface area contributed by atoms with E-state index in [9.17, 15) is 0 Å².